The van der Waals surface area contributed by atoms with E-state index in [1.165, 1.54) is 4.90 Å². The van der Waals surface area contributed by atoms with Crippen molar-refractivity contribution in [2.24, 2.45) is 23.7 Å². The number of amides is 2. The average molecular weight is 272 g/mol. The number of carbonyl (C=O) groups excluding carboxylic acids is 2. The Balaban J connectivity index is 1.78. The summed E-state index contributed by atoms with van der Waals surface area (Å²) < 4.78 is 0. The van der Waals surface area contributed by atoms with Crippen LogP contribution >= 0.6 is 0 Å². The number of imide groups is 1. The molecule has 4 atom stereocenters. The van der Waals surface area contributed by atoms with Crippen molar-refractivity contribution >= 4 is 30.1 Å². The van der Waals surface area contributed by atoms with Gasteiger partial charge in [-0.2, -0.15) is 4.90 Å². The summed E-state index contributed by atoms with van der Waals surface area (Å²) in [5.41, 5.74) is 0.598. The summed E-state index contributed by atoms with van der Waals surface area (Å²) in [5, 5.41) is 0. The van der Waals surface area contributed by atoms with Crippen molar-refractivity contribution < 1.29 is 9.59 Å². The monoisotopic (exact) mass is 272 g/mol. The van der Waals surface area contributed by atoms with Gasteiger partial charge in [-0.1, -0.05) is 18.2 Å². The van der Waals surface area contributed by atoms with E-state index in [4.69, 9.17) is 12.6 Å². The summed E-state index contributed by atoms with van der Waals surface area (Å²) in [6.07, 6.45) is 3.28. The second-order valence-electron chi connectivity index (χ2n) is 5.86. The van der Waals surface area contributed by atoms with Crippen LogP contribution in [0.1, 0.15) is 19.3 Å². The Morgan fingerprint density at radius 3 is 2.16 bits per heavy atom. The Kier molecular flexibility index (Phi) is 2.28. The predicted molar refractivity (Wildman–Crippen MR) is 72.4 cm³/mol. The third kappa shape index (κ3) is 1.38. The predicted octanol–water partition coefficient (Wildman–Crippen LogP) is 2.13. The summed E-state index contributed by atoms with van der Waals surface area (Å²) in [5.74, 6) is 0.683. The maximum atomic E-state index is 12.6. The van der Waals surface area contributed by atoms with Gasteiger partial charge in [-0.25, -0.2) is 0 Å². The van der Waals surface area contributed by atoms with Gasteiger partial charge in [0.15, 0.2) is 0 Å². The fraction of sp³-hybridized carbons (Fsp3) is 0.467. The molecule has 1 aliphatic heterocycles. The molecule has 0 unspecified atom stereocenters. The van der Waals surface area contributed by atoms with Crippen LogP contribution in [0.2, 0.25) is 0 Å². The number of para-hydroxylation sites is 1. The lowest BCUT2D eigenvalue weighted by atomic mass is 9.81. The smallest absolute Gasteiger partial charge is 0.237 e. The molecule has 0 aromatic heterocycles. The van der Waals surface area contributed by atoms with Gasteiger partial charge < -0.3 is 12.6 Å². The van der Waals surface area contributed by atoms with Gasteiger partial charge in [0.1, 0.15) is 0 Å². The highest BCUT2D eigenvalue weighted by molar-refractivity contribution is 7.59. The molecule has 0 N–H and O–H groups in total. The lowest BCUT2D eigenvalue weighted by Crippen LogP contribution is -2.33. The van der Waals surface area contributed by atoms with Crippen LogP contribution in [0.15, 0.2) is 29.2 Å². The molecule has 1 saturated heterocycles. The molecule has 4 heteroatoms. The van der Waals surface area contributed by atoms with Crippen LogP contribution in [0.4, 0.5) is 5.69 Å². The molecule has 19 heavy (non-hydrogen) atoms. The number of nitrogens with zero attached hydrogens (tertiary/aromatic N) is 1. The lowest BCUT2D eigenvalue weighted by Gasteiger charge is -2.23. The highest BCUT2D eigenvalue weighted by atomic mass is 32.1. The summed E-state index contributed by atoms with van der Waals surface area (Å²) in [7, 11) is 0. The SMILES string of the molecule is O=C1[C@@H]2[C@@H]3CC[C@@H](C3)[C@@H]2C(=O)N1c1ccccc1[S-]. The zero-order valence-electron chi connectivity index (χ0n) is 10.4. The van der Waals surface area contributed by atoms with Gasteiger partial charge in [0.2, 0.25) is 11.8 Å². The Morgan fingerprint density at radius 2 is 1.58 bits per heavy atom. The van der Waals surface area contributed by atoms with E-state index in [0.29, 0.717) is 22.4 Å². The number of fused-ring (bicyclic) bond motifs is 5. The number of benzene rings is 1. The van der Waals surface area contributed by atoms with Crippen molar-refractivity contribution in [3.8, 4) is 0 Å². The van der Waals surface area contributed by atoms with E-state index >= 15 is 0 Å². The Bertz CT molecular complexity index is 557. The third-order valence-electron chi connectivity index (χ3n) is 5.03. The second kappa shape index (κ2) is 3.79. The molecule has 2 aliphatic carbocycles. The molecule has 1 heterocycles. The number of hydrogen-bond donors (Lipinski definition) is 0. The van der Waals surface area contributed by atoms with Gasteiger partial charge in [0.05, 0.1) is 11.8 Å². The van der Waals surface area contributed by atoms with Crippen molar-refractivity contribution in [3.63, 3.8) is 0 Å². The van der Waals surface area contributed by atoms with Crippen LogP contribution in [-0.2, 0) is 22.2 Å². The molecule has 0 radical (unpaired) electrons. The fourth-order valence-electron chi connectivity index (χ4n) is 4.29. The Hall–Kier alpha value is -1.42. The van der Waals surface area contributed by atoms with Crippen LogP contribution in [0.3, 0.4) is 0 Å². The first kappa shape index (κ1) is 11.4. The van der Waals surface area contributed by atoms with E-state index in [0.717, 1.165) is 19.3 Å². The fourth-order valence-corrected chi connectivity index (χ4v) is 4.53. The third-order valence-corrected chi connectivity index (χ3v) is 5.38. The largest absolute Gasteiger partial charge is 0.778 e. The average Bonchev–Trinajstić information content (AvgIpc) is 3.06. The molecule has 3 fully saturated rings. The maximum Gasteiger partial charge on any atom is 0.237 e. The van der Waals surface area contributed by atoms with Crippen LogP contribution in [0.25, 0.3) is 0 Å². The van der Waals surface area contributed by atoms with Crippen molar-refractivity contribution in [2.45, 2.75) is 24.2 Å². The molecule has 2 amide bonds. The molecular formula is C15H14NO2S-. The van der Waals surface area contributed by atoms with Crippen LogP contribution in [0, 0.1) is 23.7 Å². The number of carbonyl (C=O) groups is 2. The number of anilines is 1. The van der Waals surface area contributed by atoms with E-state index in [-0.39, 0.29) is 23.7 Å². The van der Waals surface area contributed by atoms with Crippen molar-refractivity contribution in [1.82, 2.24) is 0 Å². The van der Waals surface area contributed by atoms with Gasteiger partial charge in [0.25, 0.3) is 0 Å². The number of hydrogen-bond acceptors (Lipinski definition) is 3. The van der Waals surface area contributed by atoms with Gasteiger partial charge in [-0.05, 0) is 37.2 Å². The maximum absolute atomic E-state index is 12.6. The molecule has 2 saturated carbocycles. The summed E-state index contributed by atoms with van der Waals surface area (Å²) in [6, 6.07) is 7.21. The van der Waals surface area contributed by atoms with Gasteiger partial charge in [0, 0.05) is 5.69 Å². The minimum atomic E-state index is -0.0687. The van der Waals surface area contributed by atoms with Gasteiger partial charge in [-0.15, -0.1) is 0 Å². The topological polar surface area (TPSA) is 37.4 Å². The van der Waals surface area contributed by atoms with E-state index < -0.39 is 0 Å². The minimum Gasteiger partial charge on any atom is -0.778 e. The van der Waals surface area contributed by atoms with E-state index in [9.17, 15) is 9.59 Å². The molecule has 4 rings (SSSR count). The van der Waals surface area contributed by atoms with Crippen molar-refractivity contribution in [2.75, 3.05) is 4.90 Å². The normalized spacial score (nSPS) is 36.1. The molecule has 1 aromatic carbocycles. The van der Waals surface area contributed by atoms with Gasteiger partial charge >= 0.3 is 0 Å². The van der Waals surface area contributed by atoms with E-state index in [1.807, 2.05) is 12.1 Å². The number of rotatable bonds is 1. The zero-order valence-corrected chi connectivity index (χ0v) is 11.2. The summed E-state index contributed by atoms with van der Waals surface area (Å²) in [4.78, 5) is 27.1. The molecule has 98 valence electrons. The van der Waals surface area contributed by atoms with Crippen molar-refractivity contribution in [1.29, 1.82) is 0 Å². The molecule has 0 spiro atoms. The van der Waals surface area contributed by atoms with E-state index in [1.54, 1.807) is 12.1 Å². The van der Waals surface area contributed by atoms with Crippen LogP contribution < -0.4 is 4.90 Å². The first-order valence-corrected chi connectivity index (χ1v) is 7.23. The molecular weight excluding hydrogens is 258 g/mol. The molecule has 3 aliphatic rings. The molecule has 3 nitrogen and oxygen atoms in total. The zero-order chi connectivity index (χ0) is 13.1. The lowest BCUT2D eigenvalue weighted by molar-refractivity contribution is -0.123. The standard InChI is InChI=1S/C15H15NO2S/c17-14-12-8-5-6-9(7-8)13(12)15(18)16(14)10-3-1-2-4-11(10)19/h1-4,8-9,12-13,19H,5-7H2/p-1/t8-,9+,12-,13+. The highest BCUT2D eigenvalue weighted by Gasteiger charge is 2.61. The molecule has 1 aromatic rings. The highest BCUT2D eigenvalue weighted by Crippen LogP contribution is 2.56. The van der Waals surface area contributed by atoms with E-state index in [2.05, 4.69) is 0 Å². The van der Waals surface area contributed by atoms with Gasteiger partial charge in [-0.3, -0.25) is 14.5 Å². The second-order valence-corrected chi connectivity index (χ2v) is 6.30. The minimum absolute atomic E-state index is 0.0144. The first-order valence-electron chi connectivity index (χ1n) is 6.82. The first-order chi connectivity index (χ1) is 9.18. The van der Waals surface area contributed by atoms with Crippen LogP contribution in [-0.4, -0.2) is 11.8 Å². The Morgan fingerprint density at radius 1 is 1.00 bits per heavy atom. The molecule has 2 bridgehead atoms. The quantitative estimate of drug-likeness (QED) is 0.580. The van der Waals surface area contributed by atoms with Crippen molar-refractivity contribution in [3.05, 3.63) is 24.3 Å². The van der Waals surface area contributed by atoms with Crippen LogP contribution in [0.5, 0.6) is 0 Å². The summed E-state index contributed by atoms with van der Waals surface area (Å²) in [6.45, 7) is 0. The summed E-state index contributed by atoms with van der Waals surface area (Å²) >= 11 is 5.25. The Labute approximate surface area is 117 Å².